The Hall–Kier alpha value is -2.17. The predicted molar refractivity (Wildman–Crippen MR) is 83.9 cm³/mol. The number of amides is 1. The lowest BCUT2D eigenvalue weighted by Crippen LogP contribution is -2.30. The van der Waals surface area contributed by atoms with Crippen LogP contribution >= 0.6 is 0 Å². The van der Waals surface area contributed by atoms with Gasteiger partial charge in [-0.2, -0.15) is 0 Å². The number of unbranched alkanes of at least 4 members (excludes halogenated alkanes) is 2. The number of nitro benzene ring substituents is 1. The molecule has 114 valence electrons. The van der Waals surface area contributed by atoms with Crippen LogP contribution in [0.25, 0.3) is 6.08 Å². The lowest BCUT2D eigenvalue weighted by atomic mass is 10.1. The highest BCUT2D eigenvalue weighted by molar-refractivity contribution is 5.91. The summed E-state index contributed by atoms with van der Waals surface area (Å²) >= 11 is 0. The summed E-state index contributed by atoms with van der Waals surface area (Å²) in [6, 6.07) is 6.32. The van der Waals surface area contributed by atoms with Gasteiger partial charge < -0.3 is 5.32 Å². The second-order valence-electron chi connectivity index (χ2n) is 5.09. The van der Waals surface area contributed by atoms with Crippen molar-refractivity contribution in [2.24, 2.45) is 0 Å². The molecule has 0 aliphatic heterocycles. The topological polar surface area (TPSA) is 72.2 Å². The third-order valence-electron chi connectivity index (χ3n) is 3.14. The van der Waals surface area contributed by atoms with Gasteiger partial charge in [0.15, 0.2) is 0 Å². The Morgan fingerprint density at radius 1 is 1.43 bits per heavy atom. The molecule has 1 amide bonds. The van der Waals surface area contributed by atoms with E-state index in [9.17, 15) is 14.9 Å². The summed E-state index contributed by atoms with van der Waals surface area (Å²) in [5, 5.41) is 13.6. The first kappa shape index (κ1) is 16.9. The fourth-order valence-corrected chi connectivity index (χ4v) is 1.98. The van der Waals surface area contributed by atoms with Crippen molar-refractivity contribution in [2.75, 3.05) is 0 Å². The Morgan fingerprint density at radius 3 is 2.86 bits per heavy atom. The maximum absolute atomic E-state index is 11.7. The van der Waals surface area contributed by atoms with E-state index in [1.165, 1.54) is 24.6 Å². The van der Waals surface area contributed by atoms with Crippen LogP contribution in [0, 0.1) is 10.1 Å². The first-order chi connectivity index (χ1) is 10.0. The molecule has 0 aliphatic carbocycles. The number of carbonyl (C=O) groups excluding carboxylic acids is 1. The Bertz CT molecular complexity index is 512. The minimum absolute atomic E-state index is 0.0190. The molecule has 21 heavy (non-hydrogen) atoms. The third kappa shape index (κ3) is 6.70. The monoisotopic (exact) mass is 290 g/mol. The van der Waals surface area contributed by atoms with Crippen LogP contribution in [-0.2, 0) is 4.79 Å². The molecule has 0 aliphatic rings. The van der Waals surface area contributed by atoms with Crippen LogP contribution in [0.5, 0.6) is 0 Å². The van der Waals surface area contributed by atoms with Gasteiger partial charge in [-0.15, -0.1) is 0 Å². The fraction of sp³-hybridized carbons (Fsp3) is 0.438. The maximum Gasteiger partial charge on any atom is 0.270 e. The van der Waals surface area contributed by atoms with Crippen LogP contribution in [0.15, 0.2) is 30.3 Å². The summed E-state index contributed by atoms with van der Waals surface area (Å²) in [4.78, 5) is 22.0. The average molecular weight is 290 g/mol. The summed E-state index contributed by atoms with van der Waals surface area (Å²) in [6.45, 7) is 4.12. The van der Waals surface area contributed by atoms with Gasteiger partial charge in [-0.05, 0) is 25.0 Å². The van der Waals surface area contributed by atoms with E-state index in [1.807, 2.05) is 6.92 Å². The lowest BCUT2D eigenvalue weighted by Gasteiger charge is -2.11. The van der Waals surface area contributed by atoms with Crippen LogP contribution in [-0.4, -0.2) is 16.9 Å². The summed E-state index contributed by atoms with van der Waals surface area (Å²) in [7, 11) is 0. The van der Waals surface area contributed by atoms with E-state index in [0.717, 1.165) is 19.3 Å². The van der Waals surface area contributed by atoms with Gasteiger partial charge in [0.25, 0.3) is 5.69 Å². The van der Waals surface area contributed by atoms with Crippen LogP contribution < -0.4 is 5.32 Å². The molecule has 0 bridgehead atoms. The Labute approximate surface area is 125 Å². The van der Waals surface area contributed by atoms with Crippen molar-refractivity contribution in [3.8, 4) is 0 Å². The average Bonchev–Trinajstić information content (AvgIpc) is 2.45. The smallest absolute Gasteiger partial charge is 0.270 e. The summed E-state index contributed by atoms with van der Waals surface area (Å²) < 4.78 is 0. The molecular weight excluding hydrogens is 268 g/mol. The van der Waals surface area contributed by atoms with Crippen molar-refractivity contribution in [3.05, 3.63) is 46.0 Å². The van der Waals surface area contributed by atoms with E-state index in [1.54, 1.807) is 18.2 Å². The second-order valence-corrected chi connectivity index (χ2v) is 5.09. The van der Waals surface area contributed by atoms with Crippen molar-refractivity contribution in [1.29, 1.82) is 0 Å². The Kier molecular flexibility index (Phi) is 7.15. The number of hydrogen-bond acceptors (Lipinski definition) is 3. The quantitative estimate of drug-likeness (QED) is 0.343. The molecule has 5 heteroatoms. The maximum atomic E-state index is 11.7. The molecule has 0 spiro atoms. The zero-order chi connectivity index (χ0) is 15.7. The Morgan fingerprint density at radius 2 is 2.19 bits per heavy atom. The van der Waals surface area contributed by atoms with Gasteiger partial charge >= 0.3 is 0 Å². The zero-order valence-corrected chi connectivity index (χ0v) is 12.5. The molecule has 1 aromatic carbocycles. The molecule has 0 saturated carbocycles. The van der Waals surface area contributed by atoms with E-state index >= 15 is 0 Å². The van der Waals surface area contributed by atoms with E-state index in [2.05, 4.69) is 12.2 Å². The van der Waals surface area contributed by atoms with E-state index < -0.39 is 4.92 Å². The van der Waals surface area contributed by atoms with E-state index in [0.29, 0.717) is 5.56 Å². The van der Waals surface area contributed by atoms with Gasteiger partial charge in [-0.25, -0.2) is 0 Å². The molecule has 0 aromatic heterocycles. The van der Waals surface area contributed by atoms with E-state index in [4.69, 9.17) is 0 Å². The molecule has 1 aromatic rings. The number of carbonyl (C=O) groups is 1. The molecular formula is C16H22N2O3. The summed E-state index contributed by atoms with van der Waals surface area (Å²) in [5.74, 6) is -0.175. The van der Waals surface area contributed by atoms with Gasteiger partial charge in [0.2, 0.25) is 5.91 Å². The van der Waals surface area contributed by atoms with Crippen molar-refractivity contribution in [1.82, 2.24) is 5.32 Å². The molecule has 1 N–H and O–H groups in total. The van der Waals surface area contributed by atoms with Crippen molar-refractivity contribution in [2.45, 2.75) is 45.6 Å². The van der Waals surface area contributed by atoms with Crippen LogP contribution in [0.1, 0.15) is 45.1 Å². The van der Waals surface area contributed by atoms with Crippen LogP contribution in [0.2, 0.25) is 0 Å². The molecule has 1 unspecified atom stereocenters. The normalized spacial score (nSPS) is 12.3. The van der Waals surface area contributed by atoms with Gasteiger partial charge in [0.1, 0.15) is 0 Å². The Balaban J connectivity index is 2.50. The molecule has 0 radical (unpaired) electrons. The van der Waals surface area contributed by atoms with Gasteiger partial charge in [-0.3, -0.25) is 14.9 Å². The molecule has 1 rings (SSSR count). The second kappa shape index (κ2) is 8.89. The highest BCUT2D eigenvalue weighted by atomic mass is 16.6. The molecule has 5 nitrogen and oxygen atoms in total. The number of nitrogens with one attached hydrogen (secondary N) is 1. The van der Waals surface area contributed by atoms with Crippen molar-refractivity contribution >= 4 is 17.7 Å². The number of hydrogen-bond donors (Lipinski definition) is 1. The molecule has 0 saturated heterocycles. The fourth-order valence-electron chi connectivity index (χ4n) is 1.98. The van der Waals surface area contributed by atoms with Crippen molar-refractivity contribution < 1.29 is 9.72 Å². The minimum atomic E-state index is -0.451. The van der Waals surface area contributed by atoms with E-state index in [-0.39, 0.29) is 17.6 Å². The minimum Gasteiger partial charge on any atom is -0.350 e. The van der Waals surface area contributed by atoms with Crippen LogP contribution in [0.4, 0.5) is 5.69 Å². The first-order valence-electron chi connectivity index (χ1n) is 7.26. The summed E-state index contributed by atoms with van der Waals surface area (Å²) in [5.41, 5.74) is 0.656. The number of benzene rings is 1. The molecule has 0 heterocycles. The van der Waals surface area contributed by atoms with Crippen molar-refractivity contribution in [3.63, 3.8) is 0 Å². The highest BCUT2D eigenvalue weighted by Gasteiger charge is 2.06. The number of nitrogens with zero attached hydrogens (tertiary/aromatic N) is 1. The predicted octanol–water partition coefficient (Wildman–Crippen LogP) is 3.69. The number of nitro groups is 1. The summed E-state index contributed by atoms with van der Waals surface area (Å²) in [6.07, 6.45) is 7.39. The lowest BCUT2D eigenvalue weighted by molar-refractivity contribution is -0.384. The van der Waals surface area contributed by atoms with Gasteiger partial charge in [0.05, 0.1) is 4.92 Å². The standard InChI is InChI=1S/C16H22N2O3/c1-3-4-5-7-13(2)17-16(19)11-10-14-8-6-9-15(12-14)18(20)21/h6,8-13H,3-5,7H2,1-2H3,(H,17,19)/b11-10+. The number of non-ortho nitro benzene ring substituents is 1. The molecule has 1 atom stereocenters. The zero-order valence-electron chi connectivity index (χ0n) is 12.5. The molecule has 0 fully saturated rings. The SMILES string of the molecule is CCCCCC(C)NC(=O)/C=C/c1cccc([N+](=O)[O-])c1. The van der Waals surface area contributed by atoms with Gasteiger partial charge in [-0.1, -0.05) is 38.3 Å². The first-order valence-corrected chi connectivity index (χ1v) is 7.26. The highest BCUT2D eigenvalue weighted by Crippen LogP contribution is 2.14. The largest absolute Gasteiger partial charge is 0.350 e. The van der Waals surface area contributed by atoms with Gasteiger partial charge in [0, 0.05) is 24.3 Å². The third-order valence-corrected chi connectivity index (χ3v) is 3.14. The van der Waals surface area contributed by atoms with Crippen LogP contribution in [0.3, 0.4) is 0 Å². The number of rotatable bonds is 8.